The van der Waals surface area contributed by atoms with E-state index in [0.717, 1.165) is 13.1 Å². The molecule has 1 aliphatic heterocycles. The molecular formula is C29H34N2O5. The number of aliphatic hydroxyl groups excluding tert-OH is 1. The third kappa shape index (κ3) is 6.04. The number of Topliss-reactive ketones (excluding diaryl/α,β-unsaturated/α-hetero) is 1. The van der Waals surface area contributed by atoms with Gasteiger partial charge in [0.25, 0.3) is 11.7 Å². The molecule has 1 atom stereocenters. The van der Waals surface area contributed by atoms with Gasteiger partial charge in [-0.05, 0) is 55.1 Å². The molecule has 190 valence electrons. The maximum absolute atomic E-state index is 13.2. The minimum atomic E-state index is -0.717. The summed E-state index contributed by atoms with van der Waals surface area (Å²) < 4.78 is 11.1. The summed E-state index contributed by atoms with van der Waals surface area (Å²) in [6.07, 6.45) is 3.30. The molecule has 7 heteroatoms. The lowest BCUT2D eigenvalue weighted by atomic mass is 9.95. The Kier molecular flexibility index (Phi) is 9.47. The predicted molar refractivity (Wildman–Crippen MR) is 141 cm³/mol. The van der Waals surface area contributed by atoms with Crippen LogP contribution in [0, 0.1) is 0 Å². The van der Waals surface area contributed by atoms with Gasteiger partial charge in [-0.25, -0.2) is 0 Å². The molecule has 1 amide bonds. The molecule has 0 spiro atoms. The number of likely N-dealkylation sites (N-methyl/N-ethyl adjacent to an activating group) is 1. The number of benzene rings is 2. The number of likely N-dealkylation sites (tertiary alicyclic amines) is 1. The summed E-state index contributed by atoms with van der Waals surface area (Å²) in [6.45, 7) is 14.8. The molecular weight excluding hydrogens is 456 g/mol. The quantitative estimate of drug-likeness (QED) is 0.192. The van der Waals surface area contributed by atoms with Crippen molar-refractivity contribution in [2.45, 2.75) is 19.9 Å². The first-order valence-electron chi connectivity index (χ1n) is 12.1. The minimum Gasteiger partial charge on any atom is -0.507 e. The third-order valence-corrected chi connectivity index (χ3v) is 6.15. The average molecular weight is 491 g/mol. The molecule has 0 saturated carbocycles. The molecule has 0 radical (unpaired) electrons. The second kappa shape index (κ2) is 12.7. The highest BCUT2D eigenvalue weighted by atomic mass is 16.5. The van der Waals surface area contributed by atoms with E-state index in [1.165, 1.54) is 0 Å². The Morgan fingerprint density at radius 3 is 1.97 bits per heavy atom. The Morgan fingerprint density at radius 2 is 1.47 bits per heavy atom. The second-order valence-electron chi connectivity index (χ2n) is 8.31. The zero-order valence-electron chi connectivity index (χ0n) is 21.0. The highest BCUT2D eigenvalue weighted by molar-refractivity contribution is 6.46. The van der Waals surface area contributed by atoms with Crippen LogP contribution >= 0.6 is 0 Å². The Morgan fingerprint density at radius 1 is 0.944 bits per heavy atom. The second-order valence-corrected chi connectivity index (χ2v) is 8.31. The van der Waals surface area contributed by atoms with Crippen LogP contribution in [0.3, 0.4) is 0 Å². The number of amides is 1. The number of ether oxygens (including phenoxy) is 2. The van der Waals surface area contributed by atoms with Crippen LogP contribution in [-0.2, 0) is 9.59 Å². The topological polar surface area (TPSA) is 79.3 Å². The summed E-state index contributed by atoms with van der Waals surface area (Å²) in [7, 11) is 0. The average Bonchev–Trinajstić information content (AvgIpc) is 3.16. The molecule has 1 aliphatic rings. The van der Waals surface area contributed by atoms with Gasteiger partial charge in [0.1, 0.15) is 30.5 Å². The van der Waals surface area contributed by atoms with Gasteiger partial charge < -0.3 is 24.4 Å². The summed E-state index contributed by atoms with van der Waals surface area (Å²) in [5.74, 6) is -0.278. The van der Waals surface area contributed by atoms with Crippen molar-refractivity contribution in [1.29, 1.82) is 0 Å². The summed E-state index contributed by atoms with van der Waals surface area (Å²) in [4.78, 5) is 30.1. The van der Waals surface area contributed by atoms with Crippen LogP contribution in [0.2, 0.25) is 0 Å². The number of ketones is 1. The van der Waals surface area contributed by atoms with Gasteiger partial charge in [0, 0.05) is 18.7 Å². The molecule has 0 unspecified atom stereocenters. The highest BCUT2D eigenvalue weighted by Crippen LogP contribution is 2.39. The first kappa shape index (κ1) is 26.8. The molecule has 0 bridgehead atoms. The molecule has 2 aromatic rings. The van der Waals surface area contributed by atoms with Crippen molar-refractivity contribution in [3.8, 4) is 11.5 Å². The van der Waals surface area contributed by atoms with Crippen LogP contribution in [0.5, 0.6) is 11.5 Å². The molecule has 0 aliphatic carbocycles. The van der Waals surface area contributed by atoms with Crippen LogP contribution in [-0.4, -0.2) is 66.0 Å². The van der Waals surface area contributed by atoms with E-state index in [-0.39, 0.29) is 11.3 Å². The van der Waals surface area contributed by atoms with Crippen molar-refractivity contribution in [3.63, 3.8) is 0 Å². The van der Waals surface area contributed by atoms with Crippen molar-refractivity contribution in [2.24, 2.45) is 0 Å². The summed E-state index contributed by atoms with van der Waals surface area (Å²) >= 11 is 0. The van der Waals surface area contributed by atoms with E-state index in [0.29, 0.717) is 48.9 Å². The molecule has 7 nitrogen and oxygen atoms in total. The Balaban J connectivity index is 2.02. The van der Waals surface area contributed by atoms with E-state index in [2.05, 4.69) is 31.9 Å². The third-order valence-electron chi connectivity index (χ3n) is 6.15. The Labute approximate surface area is 212 Å². The lowest BCUT2D eigenvalue weighted by Crippen LogP contribution is -2.38. The van der Waals surface area contributed by atoms with Gasteiger partial charge in [-0.3, -0.25) is 9.59 Å². The fourth-order valence-electron chi connectivity index (χ4n) is 4.17. The van der Waals surface area contributed by atoms with Crippen LogP contribution in [0.25, 0.3) is 5.76 Å². The molecule has 1 heterocycles. The van der Waals surface area contributed by atoms with Gasteiger partial charge in [-0.2, -0.15) is 0 Å². The first-order valence-corrected chi connectivity index (χ1v) is 12.1. The van der Waals surface area contributed by atoms with E-state index in [1.54, 1.807) is 53.5 Å². The van der Waals surface area contributed by atoms with Crippen LogP contribution in [0.15, 0.2) is 79.4 Å². The standard InChI is InChI=1S/C29H34N2O5/c1-5-19-35-23-13-9-21(10-14-23)26-25(27(32)22-11-15-24(16-12-22)36-20-6-2)28(33)29(34)31(26)18-17-30(7-3)8-4/h5-6,9-16,26,32H,1-2,7-8,17-20H2,3-4H3/t26-/m1/s1. The highest BCUT2D eigenvalue weighted by Gasteiger charge is 2.46. The Hall–Kier alpha value is -3.84. The molecule has 2 aromatic carbocycles. The number of carbonyl (C=O) groups excluding carboxylic acids is 2. The largest absolute Gasteiger partial charge is 0.507 e. The van der Waals surface area contributed by atoms with Crippen LogP contribution < -0.4 is 9.47 Å². The molecule has 3 rings (SSSR count). The molecule has 1 fully saturated rings. The molecule has 1 N–H and O–H groups in total. The molecule has 36 heavy (non-hydrogen) atoms. The van der Waals surface area contributed by atoms with Gasteiger partial charge in [0.15, 0.2) is 0 Å². The monoisotopic (exact) mass is 490 g/mol. The first-order chi connectivity index (χ1) is 17.4. The SMILES string of the molecule is C=CCOc1ccc(C(O)=C2C(=O)C(=O)N(CCN(CC)CC)[C@@H]2c2ccc(OCC=C)cc2)cc1. The molecule has 0 aromatic heterocycles. The summed E-state index contributed by atoms with van der Waals surface area (Å²) in [6, 6.07) is 13.2. The number of hydrogen-bond acceptors (Lipinski definition) is 6. The minimum absolute atomic E-state index is 0.0686. The predicted octanol–water partition coefficient (Wildman–Crippen LogP) is 4.58. The van der Waals surface area contributed by atoms with E-state index < -0.39 is 17.7 Å². The summed E-state index contributed by atoms with van der Waals surface area (Å²) in [5.41, 5.74) is 1.21. The summed E-state index contributed by atoms with van der Waals surface area (Å²) in [5, 5.41) is 11.2. The fraction of sp³-hybridized carbons (Fsp3) is 0.310. The van der Waals surface area contributed by atoms with Gasteiger partial charge in [0.05, 0.1) is 11.6 Å². The Bertz CT molecular complexity index is 1100. The maximum Gasteiger partial charge on any atom is 0.295 e. The fourth-order valence-corrected chi connectivity index (χ4v) is 4.17. The normalized spacial score (nSPS) is 16.9. The number of hydrogen-bond donors (Lipinski definition) is 1. The van der Waals surface area contributed by atoms with Gasteiger partial charge in [-0.15, -0.1) is 0 Å². The van der Waals surface area contributed by atoms with Crippen LogP contribution in [0.1, 0.15) is 31.0 Å². The number of rotatable bonds is 13. The van der Waals surface area contributed by atoms with E-state index in [9.17, 15) is 14.7 Å². The number of aliphatic hydroxyl groups is 1. The molecule has 1 saturated heterocycles. The lowest BCUT2D eigenvalue weighted by Gasteiger charge is -2.28. The van der Waals surface area contributed by atoms with Gasteiger partial charge >= 0.3 is 0 Å². The van der Waals surface area contributed by atoms with Crippen molar-refractivity contribution >= 4 is 17.4 Å². The maximum atomic E-state index is 13.2. The van der Waals surface area contributed by atoms with Crippen LogP contribution in [0.4, 0.5) is 0 Å². The van der Waals surface area contributed by atoms with Crippen molar-refractivity contribution in [3.05, 3.63) is 90.5 Å². The smallest absolute Gasteiger partial charge is 0.295 e. The number of nitrogens with zero attached hydrogens (tertiary/aromatic N) is 2. The van der Waals surface area contributed by atoms with E-state index in [4.69, 9.17) is 9.47 Å². The van der Waals surface area contributed by atoms with Crippen molar-refractivity contribution < 1.29 is 24.2 Å². The van der Waals surface area contributed by atoms with Crippen molar-refractivity contribution in [2.75, 3.05) is 39.4 Å². The number of carbonyl (C=O) groups is 2. The van der Waals surface area contributed by atoms with E-state index >= 15 is 0 Å². The zero-order chi connectivity index (χ0) is 26.1. The lowest BCUT2D eigenvalue weighted by molar-refractivity contribution is -0.140. The zero-order valence-corrected chi connectivity index (χ0v) is 21.0. The van der Waals surface area contributed by atoms with Gasteiger partial charge in [-0.1, -0.05) is 51.3 Å². The van der Waals surface area contributed by atoms with Crippen molar-refractivity contribution in [1.82, 2.24) is 9.80 Å². The van der Waals surface area contributed by atoms with E-state index in [1.807, 2.05) is 12.1 Å². The van der Waals surface area contributed by atoms with Gasteiger partial charge in [0.2, 0.25) is 0 Å².